The zero-order chi connectivity index (χ0) is 12.0. The molecule has 0 fully saturated rings. The van der Waals surface area contributed by atoms with E-state index in [4.69, 9.17) is 4.74 Å². The van der Waals surface area contributed by atoms with Crippen molar-refractivity contribution in [3.63, 3.8) is 0 Å². The van der Waals surface area contributed by atoms with Crippen LogP contribution in [0.15, 0.2) is 24.8 Å². The van der Waals surface area contributed by atoms with Gasteiger partial charge in [-0.3, -0.25) is 10.1 Å². The third kappa shape index (κ3) is 2.94. The van der Waals surface area contributed by atoms with E-state index in [2.05, 4.69) is 16.9 Å². The minimum Gasteiger partial charge on any atom is -0.472 e. The van der Waals surface area contributed by atoms with Crippen LogP contribution < -0.4 is 10.1 Å². The molecule has 6 nitrogen and oxygen atoms in total. The number of rotatable bonds is 6. The van der Waals surface area contributed by atoms with Gasteiger partial charge in [-0.05, 0) is 12.5 Å². The second-order valence-electron chi connectivity index (χ2n) is 2.95. The molecule has 0 saturated heterocycles. The van der Waals surface area contributed by atoms with Crippen molar-refractivity contribution < 1.29 is 9.66 Å². The average Bonchev–Trinajstić information content (AvgIpc) is 2.29. The van der Waals surface area contributed by atoms with Crippen LogP contribution in [0.3, 0.4) is 0 Å². The Balaban J connectivity index is 2.91. The maximum Gasteiger partial charge on any atom is 0.331 e. The lowest BCUT2D eigenvalue weighted by molar-refractivity contribution is -0.386. The van der Waals surface area contributed by atoms with Crippen molar-refractivity contribution in [1.82, 2.24) is 4.98 Å². The van der Waals surface area contributed by atoms with Crippen molar-refractivity contribution in [1.29, 1.82) is 0 Å². The largest absolute Gasteiger partial charge is 0.472 e. The minimum absolute atomic E-state index is 0.0266. The van der Waals surface area contributed by atoms with Crippen molar-refractivity contribution in [3.8, 4) is 5.88 Å². The normalized spacial score (nSPS) is 9.56. The Bertz CT molecular complexity index is 393. The molecule has 0 aliphatic rings. The number of anilines is 1. The monoisotopic (exact) mass is 223 g/mol. The summed E-state index contributed by atoms with van der Waals surface area (Å²) < 4.78 is 5.22. The lowest BCUT2D eigenvalue weighted by atomic mass is 10.4. The smallest absolute Gasteiger partial charge is 0.331 e. The summed E-state index contributed by atoms with van der Waals surface area (Å²) in [5.41, 5.74) is -0.136. The third-order valence-corrected chi connectivity index (χ3v) is 1.85. The number of aromatic nitrogens is 1. The van der Waals surface area contributed by atoms with Gasteiger partial charge in [0.2, 0.25) is 0 Å². The number of pyridine rings is 1. The maximum atomic E-state index is 10.7. The number of hydrogen-bond donors (Lipinski definition) is 1. The molecule has 0 amide bonds. The van der Waals surface area contributed by atoms with Crippen LogP contribution in [0, 0.1) is 10.1 Å². The average molecular weight is 223 g/mol. The Hall–Kier alpha value is -2.11. The summed E-state index contributed by atoms with van der Waals surface area (Å²) in [4.78, 5) is 14.2. The number of hydrogen-bond acceptors (Lipinski definition) is 5. The van der Waals surface area contributed by atoms with E-state index in [0.29, 0.717) is 18.8 Å². The van der Waals surface area contributed by atoms with Gasteiger partial charge in [-0.2, -0.15) is 4.98 Å². The minimum atomic E-state index is -0.518. The Morgan fingerprint density at radius 3 is 3.00 bits per heavy atom. The van der Waals surface area contributed by atoms with Gasteiger partial charge < -0.3 is 10.1 Å². The molecule has 0 unspecified atom stereocenters. The number of nitro groups is 1. The van der Waals surface area contributed by atoms with Crippen LogP contribution in [0.5, 0.6) is 5.88 Å². The Labute approximate surface area is 93.1 Å². The van der Waals surface area contributed by atoms with Crippen LogP contribution in [-0.2, 0) is 0 Å². The molecule has 0 radical (unpaired) electrons. The first-order valence-corrected chi connectivity index (χ1v) is 4.76. The van der Waals surface area contributed by atoms with E-state index in [1.165, 1.54) is 12.1 Å². The SMILES string of the molecule is C=CCCOc1nc(NC)ccc1[N+](=O)[O-]. The Morgan fingerprint density at radius 2 is 2.44 bits per heavy atom. The second-order valence-corrected chi connectivity index (χ2v) is 2.95. The molecular formula is C10H13N3O3. The third-order valence-electron chi connectivity index (χ3n) is 1.85. The zero-order valence-electron chi connectivity index (χ0n) is 8.97. The molecule has 0 aliphatic heterocycles. The topological polar surface area (TPSA) is 77.3 Å². The fraction of sp³-hybridized carbons (Fsp3) is 0.300. The molecule has 1 rings (SSSR count). The van der Waals surface area contributed by atoms with Crippen LogP contribution in [0.25, 0.3) is 0 Å². The van der Waals surface area contributed by atoms with Gasteiger partial charge in [0.1, 0.15) is 5.82 Å². The lowest BCUT2D eigenvalue weighted by Crippen LogP contribution is -2.03. The predicted molar refractivity (Wildman–Crippen MR) is 60.7 cm³/mol. The second kappa shape index (κ2) is 5.69. The maximum absolute atomic E-state index is 10.7. The van der Waals surface area contributed by atoms with Crippen LogP contribution in [0.1, 0.15) is 6.42 Å². The van der Waals surface area contributed by atoms with Gasteiger partial charge in [0.05, 0.1) is 11.5 Å². The first-order valence-electron chi connectivity index (χ1n) is 4.76. The van der Waals surface area contributed by atoms with Crippen LogP contribution in [0.2, 0.25) is 0 Å². The van der Waals surface area contributed by atoms with Gasteiger partial charge >= 0.3 is 5.69 Å². The Kier molecular flexibility index (Phi) is 4.26. The van der Waals surface area contributed by atoms with Crippen molar-refractivity contribution >= 4 is 11.5 Å². The van der Waals surface area contributed by atoms with Gasteiger partial charge in [0.25, 0.3) is 5.88 Å². The molecule has 0 aliphatic carbocycles. The summed E-state index contributed by atoms with van der Waals surface area (Å²) in [6.07, 6.45) is 2.29. The molecule has 1 aromatic heterocycles. The fourth-order valence-corrected chi connectivity index (χ4v) is 1.06. The summed E-state index contributed by atoms with van der Waals surface area (Å²) in [6.45, 7) is 3.86. The highest BCUT2D eigenvalue weighted by Crippen LogP contribution is 2.26. The van der Waals surface area contributed by atoms with E-state index in [1.54, 1.807) is 13.1 Å². The lowest BCUT2D eigenvalue weighted by Gasteiger charge is -2.06. The first-order chi connectivity index (χ1) is 7.69. The first kappa shape index (κ1) is 12.0. The molecule has 16 heavy (non-hydrogen) atoms. The van der Waals surface area contributed by atoms with Gasteiger partial charge in [-0.1, -0.05) is 6.08 Å². The molecule has 0 bridgehead atoms. The van der Waals surface area contributed by atoms with E-state index < -0.39 is 4.92 Å². The number of ether oxygens (including phenoxy) is 1. The van der Waals surface area contributed by atoms with Gasteiger partial charge in [0.15, 0.2) is 0 Å². The highest BCUT2D eigenvalue weighted by molar-refractivity contribution is 5.48. The summed E-state index contributed by atoms with van der Waals surface area (Å²) in [5.74, 6) is 0.554. The van der Waals surface area contributed by atoms with E-state index >= 15 is 0 Å². The molecule has 0 aromatic carbocycles. The molecule has 1 N–H and O–H groups in total. The molecule has 0 spiro atoms. The van der Waals surface area contributed by atoms with E-state index in [0.717, 1.165) is 0 Å². The van der Waals surface area contributed by atoms with Crippen LogP contribution in [0.4, 0.5) is 11.5 Å². The standard InChI is InChI=1S/C10H13N3O3/c1-3-4-7-16-10-8(13(14)15)5-6-9(11-2)12-10/h3,5-6H,1,4,7H2,2H3,(H,11,12). The van der Waals surface area contributed by atoms with E-state index in [9.17, 15) is 10.1 Å². The van der Waals surface area contributed by atoms with Gasteiger partial charge in [-0.25, -0.2) is 0 Å². The Morgan fingerprint density at radius 1 is 1.69 bits per heavy atom. The number of nitrogens with one attached hydrogen (secondary N) is 1. The summed E-state index contributed by atoms with van der Waals surface area (Å²) in [5, 5.41) is 13.5. The van der Waals surface area contributed by atoms with E-state index in [-0.39, 0.29) is 11.6 Å². The van der Waals surface area contributed by atoms with Crippen LogP contribution in [-0.4, -0.2) is 23.6 Å². The summed E-state index contributed by atoms with van der Waals surface area (Å²) >= 11 is 0. The summed E-state index contributed by atoms with van der Waals surface area (Å²) in [7, 11) is 1.68. The van der Waals surface area contributed by atoms with Crippen molar-refractivity contribution in [3.05, 3.63) is 34.9 Å². The molecule has 86 valence electrons. The number of nitrogens with zero attached hydrogens (tertiary/aromatic N) is 2. The molecule has 1 heterocycles. The molecule has 6 heteroatoms. The quantitative estimate of drug-likeness (QED) is 0.345. The fourth-order valence-electron chi connectivity index (χ4n) is 1.06. The summed E-state index contributed by atoms with van der Waals surface area (Å²) in [6, 6.07) is 2.89. The van der Waals surface area contributed by atoms with Crippen molar-refractivity contribution in [2.24, 2.45) is 0 Å². The predicted octanol–water partition coefficient (Wildman–Crippen LogP) is 1.99. The molecule has 0 atom stereocenters. The molecule has 0 saturated carbocycles. The van der Waals surface area contributed by atoms with Gasteiger partial charge in [0, 0.05) is 13.1 Å². The molecule has 1 aromatic rings. The van der Waals surface area contributed by atoms with Crippen molar-refractivity contribution in [2.75, 3.05) is 19.0 Å². The van der Waals surface area contributed by atoms with Gasteiger partial charge in [-0.15, -0.1) is 6.58 Å². The van der Waals surface area contributed by atoms with Crippen molar-refractivity contribution in [2.45, 2.75) is 6.42 Å². The highest BCUT2D eigenvalue weighted by atomic mass is 16.6. The zero-order valence-corrected chi connectivity index (χ0v) is 8.97. The highest BCUT2D eigenvalue weighted by Gasteiger charge is 2.16. The molecular weight excluding hydrogens is 210 g/mol. The van der Waals surface area contributed by atoms with E-state index in [1.807, 2.05) is 0 Å². The van der Waals surface area contributed by atoms with Crippen LogP contribution >= 0.6 is 0 Å².